The number of hydrazone groups is 1. The molecule has 1 amide bonds. The van der Waals surface area contributed by atoms with E-state index in [2.05, 4.69) is 15.5 Å². The molecule has 0 aliphatic rings. The fourth-order valence-electron chi connectivity index (χ4n) is 3.59. The fraction of sp³-hybridized carbons (Fsp3) is 0.154. The number of para-hydroxylation sites is 1. The Morgan fingerprint density at radius 3 is 2.46 bits per heavy atom. The van der Waals surface area contributed by atoms with E-state index in [0.717, 1.165) is 11.8 Å². The van der Waals surface area contributed by atoms with Crippen molar-refractivity contribution in [1.82, 2.24) is 15.0 Å². The highest BCUT2D eigenvalue weighted by molar-refractivity contribution is 7.99. The van der Waals surface area contributed by atoms with Gasteiger partial charge in [0.05, 0.1) is 49.9 Å². The van der Waals surface area contributed by atoms with Crippen molar-refractivity contribution in [1.29, 1.82) is 0 Å². The molecule has 0 saturated heterocycles. The zero-order valence-electron chi connectivity index (χ0n) is 20.2. The lowest BCUT2D eigenvalue weighted by Gasteiger charge is -2.13. The van der Waals surface area contributed by atoms with Gasteiger partial charge >= 0.3 is 0 Å². The Kier molecular flexibility index (Phi) is 8.32. The summed E-state index contributed by atoms with van der Waals surface area (Å²) in [7, 11) is 4.53. The predicted octanol–water partition coefficient (Wildman–Crippen LogP) is 4.31. The van der Waals surface area contributed by atoms with Crippen molar-refractivity contribution in [2.45, 2.75) is 5.16 Å². The van der Waals surface area contributed by atoms with E-state index in [9.17, 15) is 9.59 Å². The topological polar surface area (TPSA) is 104 Å². The normalized spacial score (nSPS) is 11.0. The van der Waals surface area contributed by atoms with E-state index in [1.54, 1.807) is 60.7 Å². The Hall–Kier alpha value is -4.02. The van der Waals surface area contributed by atoms with Crippen LogP contribution in [0.5, 0.6) is 17.2 Å². The third kappa shape index (κ3) is 5.71. The van der Waals surface area contributed by atoms with Gasteiger partial charge in [0.15, 0.2) is 16.7 Å². The van der Waals surface area contributed by atoms with E-state index < -0.39 is 0 Å². The summed E-state index contributed by atoms with van der Waals surface area (Å²) in [6, 6.07) is 17.3. The number of nitrogens with zero attached hydrogens (tertiary/aromatic N) is 3. The number of hydrogen-bond donors (Lipinski definition) is 1. The number of hydrogen-bond acceptors (Lipinski definition) is 8. The van der Waals surface area contributed by atoms with Gasteiger partial charge in [-0.15, -0.1) is 0 Å². The molecule has 4 rings (SSSR count). The molecule has 0 fully saturated rings. The van der Waals surface area contributed by atoms with Crippen LogP contribution in [0.15, 0.2) is 75.7 Å². The van der Waals surface area contributed by atoms with Gasteiger partial charge < -0.3 is 14.2 Å². The first-order chi connectivity index (χ1) is 18.0. The van der Waals surface area contributed by atoms with Crippen LogP contribution in [-0.2, 0) is 4.79 Å². The maximum absolute atomic E-state index is 13.3. The Bertz CT molecular complexity index is 1520. The molecular weight excluding hydrogens is 516 g/mol. The lowest BCUT2D eigenvalue weighted by molar-refractivity contribution is -0.118. The van der Waals surface area contributed by atoms with E-state index in [1.807, 2.05) is 0 Å². The van der Waals surface area contributed by atoms with Crippen LogP contribution >= 0.6 is 23.4 Å². The van der Waals surface area contributed by atoms with Crippen molar-refractivity contribution in [3.8, 4) is 22.9 Å². The average molecular weight is 539 g/mol. The summed E-state index contributed by atoms with van der Waals surface area (Å²) in [4.78, 5) is 30.5. The molecule has 0 spiro atoms. The van der Waals surface area contributed by atoms with Gasteiger partial charge in [-0.3, -0.25) is 14.2 Å². The SMILES string of the molecule is COc1ccc(C=NNC(=O)CSc2nc3ccccc3c(=O)n2-c2ccc(Cl)cc2)c(OC)c1OC. The summed E-state index contributed by atoms with van der Waals surface area (Å²) in [5, 5.41) is 5.42. The summed E-state index contributed by atoms with van der Waals surface area (Å²) in [6.45, 7) is 0. The summed E-state index contributed by atoms with van der Waals surface area (Å²) in [5.74, 6) is 0.927. The van der Waals surface area contributed by atoms with E-state index >= 15 is 0 Å². The number of methoxy groups -OCH3 is 3. The Morgan fingerprint density at radius 2 is 1.76 bits per heavy atom. The highest BCUT2D eigenvalue weighted by Crippen LogP contribution is 2.39. The van der Waals surface area contributed by atoms with Gasteiger partial charge in [0, 0.05) is 10.6 Å². The van der Waals surface area contributed by atoms with E-state index in [4.69, 9.17) is 25.8 Å². The molecule has 9 nitrogen and oxygen atoms in total. The fourth-order valence-corrected chi connectivity index (χ4v) is 4.52. The van der Waals surface area contributed by atoms with E-state index in [0.29, 0.717) is 49.6 Å². The Labute approximate surface area is 222 Å². The van der Waals surface area contributed by atoms with Crippen LogP contribution in [0.3, 0.4) is 0 Å². The summed E-state index contributed by atoms with van der Waals surface area (Å²) < 4.78 is 17.5. The number of amides is 1. The van der Waals surface area contributed by atoms with Gasteiger partial charge in [-0.25, -0.2) is 10.4 Å². The molecule has 4 aromatic rings. The minimum absolute atomic E-state index is 0.0290. The lowest BCUT2D eigenvalue weighted by Crippen LogP contribution is -2.24. The molecule has 0 radical (unpaired) electrons. The zero-order chi connectivity index (χ0) is 26.4. The van der Waals surface area contributed by atoms with E-state index in [1.165, 1.54) is 32.1 Å². The van der Waals surface area contributed by atoms with Crippen molar-refractivity contribution >= 4 is 46.4 Å². The molecule has 0 saturated carbocycles. The van der Waals surface area contributed by atoms with E-state index in [-0.39, 0.29) is 17.2 Å². The number of nitrogens with one attached hydrogen (secondary N) is 1. The van der Waals surface area contributed by atoms with Crippen LogP contribution in [0.25, 0.3) is 16.6 Å². The van der Waals surface area contributed by atoms with Crippen LogP contribution in [0.4, 0.5) is 0 Å². The summed E-state index contributed by atoms with van der Waals surface area (Å²) in [6.07, 6.45) is 1.45. The molecule has 0 aliphatic heterocycles. The summed E-state index contributed by atoms with van der Waals surface area (Å²) >= 11 is 7.14. The number of benzene rings is 3. The lowest BCUT2D eigenvalue weighted by atomic mass is 10.2. The molecule has 3 aromatic carbocycles. The average Bonchev–Trinajstić information content (AvgIpc) is 2.92. The monoisotopic (exact) mass is 538 g/mol. The highest BCUT2D eigenvalue weighted by Gasteiger charge is 2.16. The van der Waals surface area contributed by atoms with Crippen molar-refractivity contribution in [3.05, 3.63) is 81.6 Å². The molecular formula is C26H23ClN4O5S. The minimum atomic E-state index is -0.384. The molecule has 1 heterocycles. The second-order valence-electron chi connectivity index (χ2n) is 7.53. The highest BCUT2D eigenvalue weighted by atomic mass is 35.5. The Balaban J connectivity index is 1.54. The largest absolute Gasteiger partial charge is 0.493 e. The van der Waals surface area contributed by atoms with Crippen molar-refractivity contribution < 1.29 is 19.0 Å². The van der Waals surface area contributed by atoms with Gasteiger partial charge in [0.1, 0.15) is 0 Å². The molecule has 1 aromatic heterocycles. The molecule has 190 valence electrons. The Morgan fingerprint density at radius 1 is 1.03 bits per heavy atom. The molecule has 0 atom stereocenters. The number of ether oxygens (including phenoxy) is 3. The number of carbonyl (C=O) groups excluding carboxylic acids is 1. The smallest absolute Gasteiger partial charge is 0.266 e. The number of rotatable bonds is 9. The molecule has 1 N–H and O–H groups in total. The third-order valence-corrected chi connectivity index (χ3v) is 6.48. The van der Waals surface area contributed by atoms with Gasteiger partial charge in [0.25, 0.3) is 11.5 Å². The second-order valence-corrected chi connectivity index (χ2v) is 8.91. The first-order valence-corrected chi connectivity index (χ1v) is 12.3. The van der Waals surface area contributed by atoms with Gasteiger partial charge in [-0.05, 0) is 48.5 Å². The minimum Gasteiger partial charge on any atom is -0.493 e. The van der Waals surface area contributed by atoms with Crippen LogP contribution in [0.2, 0.25) is 5.02 Å². The molecule has 37 heavy (non-hydrogen) atoms. The molecule has 11 heteroatoms. The number of aromatic nitrogens is 2. The van der Waals surface area contributed by atoms with Crippen molar-refractivity contribution in [2.24, 2.45) is 5.10 Å². The molecule has 0 aliphatic carbocycles. The van der Waals surface area contributed by atoms with Crippen LogP contribution in [-0.4, -0.2) is 48.8 Å². The second kappa shape index (κ2) is 11.8. The molecule has 0 unspecified atom stereocenters. The van der Waals surface area contributed by atoms with Crippen LogP contribution < -0.4 is 25.2 Å². The number of halogens is 1. The quantitative estimate of drug-likeness (QED) is 0.146. The number of carbonyl (C=O) groups is 1. The van der Waals surface area contributed by atoms with Gasteiger partial charge in [-0.2, -0.15) is 5.10 Å². The van der Waals surface area contributed by atoms with Gasteiger partial charge in [-0.1, -0.05) is 35.5 Å². The van der Waals surface area contributed by atoms with Crippen LogP contribution in [0.1, 0.15) is 5.56 Å². The predicted molar refractivity (Wildman–Crippen MR) is 145 cm³/mol. The third-order valence-electron chi connectivity index (χ3n) is 5.29. The van der Waals surface area contributed by atoms with Gasteiger partial charge in [0.2, 0.25) is 5.75 Å². The summed E-state index contributed by atoms with van der Waals surface area (Å²) in [5.41, 5.74) is 3.96. The maximum Gasteiger partial charge on any atom is 0.266 e. The zero-order valence-corrected chi connectivity index (χ0v) is 21.8. The van der Waals surface area contributed by atoms with Crippen molar-refractivity contribution in [2.75, 3.05) is 27.1 Å². The van der Waals surface area contributed by atoms with Crippen LogP contribution in [0, 0.1) is 0 Å². The molecule has 0 bridgehead atoms. The van der Waals surface area contributed by atoms with Crippen molar-refractivity contribution in [3.63, 3.8) is 0 Å². The standard InChI is InChI=1S/C26H23ClN4O5S/c1-34-21-13-8-16(23(35-2)24(21)36-3)14-28-30-22(32)15-37-26-29-20-7-5-4-6-19(20)25(33)31(26)18-11-9-17(27)10-12-18/h4-14H,15H2,1-3H3,(H,30,32). The first-order valence-electron chi connectivity index (χ1n) is 11.0. The number of thioether (sulfide) groups is 1. The first kappa shape index (κ1) is 26.1. The number of fused-ring (bicyclic) bond motifs is 1. The maximum atomic E-state index is 13.3.